The van der Waals surface area contributed by atoms with Gasteiger partial charge in [0.2, 0.25) is 0 Å². The van der Waals surface area contributed by atoms with Crippen molar-refractivity contribution in [3.05, 3.63) is 0 Å². The van der Waals surface area contributed by atoms with Gasteiger partial charge in [-0.3, -0.25) is 18.6 Å². The summed E-state index contributed by atoms with van der Waals surface area (Å²) in [7, 11) is 0. The van der Waals surface area contributed by atoms with Crippen molar-refractivity contribution in [2.45, 2.75) is 91.1 Å². The van der Waals surface area contributed by atoms with Crippen molar-refractivity contribution in [2.24, 2.45) is 0 Å². The number of rotatable bonds is 0. The van der Waals surface area contributed by atoms with Gasteiger partial charge in [0.15, 0.2) is 11.1 Å². The van der Waals surface area contributed by atoms with E-state index in [1.165, 1.54) is 22.8 Å². The predicted octanol–water partition coefficient (Wildman–Crippen LogP) is 4.71. The van der Waals surface area contributed by atoms with E-state index in [-0.39, 0.29) is 25.5 Å². The van der Waals surface area contributed by atoms with Crippen molar-refractivity contribution in [3.8, 4) is 0 Å². The standard InChI is InChI=1S/C5H8O2.C5H8O.C4H6O2.C4H6S2.C3H6O2S.CH4/c1-4-2-3-5(6)7-4;6-5-3-1-2-4-5;2*5-4-2-1-3-6-4;4-6-3-1-2-5-6;/h4H,2-3H2,1H3;1-4H2;3*1-3H2;1H4. The van der Waals surface area contributed by atoms with Crippen LogP contribution < -0.4 is 0 Å². The molecule has 1 saturated carbocycles. The molecule has 2 unspecified atom stereocenters. The first-order valence-corrected chi connectivity index (χ1v) is 13.5. The lowest BCUT2D eigenvalue weighted by molar-refractivity contribution is -0.141. The van der Waals surface area contributed by atoms with Gasteiger partial charge in [0.25, 0.3) is 0 Å². The quantitative estimate of drug-likeness (QED) is 0.339. The molecule has 0 bridgehead atoms. The Bertz CT molecular complexity index is 498. The monoisotopic (exact) mass is 510 g/mol. The zero-order valence-corrected chi connectivity index (χ0v) is 20.7. The summed E-state index contributed by atoms with van der Waals surface area (Å²) in [5, 5.41) is 0. The number of Topliss-reactive ketones (excluding diaryl/α,β-unsaturated/α-hetero) is 1. The smallest absolute Gasteiger partial charge is 0.306 e. The van der Waals surface area contributed by atoms with Gasteiger partial charge in [-0.05, 0) is 57.6 Å². The minimum Gasteiger partial charge on any atom is -0.466 e. The second kappa shape index (κ2) is 19.6. The first kappa shape index (κ1) is 31.2. The molecule has 0 amide bonds. The van der Waals surface area contributed by atoms with Gasteiger partial charge in [0, 0.05) is 29.9 Å². The van der Waals surface area contributed by atoms with Gasteiger partial charge in [-0.15, -0.1) is 11.8 Å². The van der Waals surface area contributed by atoms with Gasteiger partial charge < -0.3 is 9.47 Å². The summed E-state index contributed by atoms with van der Waals surface area (Å²) in [5.41, 5.74) is 0. The lowest BCUT2D eigenvalue weighted by Crippen LogP contribution is -1.98. The first-order chi connectivity index (χ1) is 14.9. The molecule has 5 rings (SSSR count). The molecule has 32 heavy (non-hydrogen) atoms. The number of carbonyl (C=O) groups is 3. The molecule has 10 heteroatoms. The van der Waals surface area contributed by atoms with Crippen LogP contribution in [0.4, 0.5) is 0 Å². The first-order valence-electron chi connectivity index (χ1n) is 10.9. The van der Waals surface area contributed by atoms with E-state index in [0.717, 1.165) is 50.7 Å². The maximum atomic E-state index is 10.2. The van der Waals surface area contributed by atoms with E-state index in [4.69, 9.17) is 17.0 Å². The Morgan fingerprint density at radius 3 is 1.78 bits per heavy atom. The third kappa shape index (κ3) is 17.7. The van der Waals surface area contributed by atoms with E-state index in [2.05, 4.69) is 8.92 Å². The highest BCUT2D eigenvalue weighted by atomic mass is 32.2. The van der Waals surface area contributed by atoms with E-state index in [1.807, 2.05) is 18.7 Å². The summed E-state index contributed by atoms with van der Waals surface area (Å²) in [4.78, 5) is 30.5. The van der Waals surface area contributed by atoms with E-state index in [0.29, 0.717) is 31.8 Å². The summed E-state index contributed by atoms with van der Waals surface area (Å²) < 4.78 is 25.2. The van der Waals surface area contributed by atoms with Crippen LogP contribution in [0.2, 0.25) is 0 Å². The van der Waals surface area contributed by atoms with Crippen LogP contribution >= 0.6 is 24.0 Å². The molecule has 5 fully saturated rings. The molecule has 7 nitrogen and oxygen atoms in total. The topological polar surface area (TPSA) is 96.0 Å². The molecule has 0 radical (unpaired) electrons. The molecular weight excluding hydrogens is 472 g/mol. The number of ketones is 1. The molecule has 5 aliphatic rings. The van der Waals surface area contributed by atoms with Crippen molar-refractivity contribution in [1.29, 1.82) is 0 Å². The Morgan fingerprint density at radius 1 is 0.906 bits per heavy atom. The van der Waals surface area contributed by atoms with Crippen molar-refractivity contribution < 1.29 is 32.2 Å². The molecule has 186 valence electrons. The predicted molar refractivity (Wildman–Crippen MR) is 133 cm³/mol. The molecular formula is C22H38O7S3. The van der Waals surface area contributed by atoms with E-state index in [1.54, 1.807) is 0 Å². The minimum atomic E-state index is -0.923. The Balaban J connectivity index is 0.000000373. The zero-order chi connectivity index (χ0) is 22.9. The second-order valence-electron chi connectivity index (χ2n) is 7.42. The van der Waals surface area contributed by atoms with E-state index in [9.17, 15) is 18.6 Å². The highest BCUT2D eigenvalue weighted by Crippen LogP contribution is 2.19. The van der Waals surface area contributed by atoms with Crippen molar-refractivity contribution in [1.82, 2.24) is 0 Å². The highest BCUT2D eigenvalue weighted by Gasteiger charge is 2.17. The molecule has 0 spiro atoms. The number of carbonyl (C=O) groups excluding carboxylic acids is 3. The van der Waals surface area contributed by atoms with Crippen LogP contribution in [0.25, 0.3) is 0 Å². The molecule has 4 saturated heterocycles. The number of cyclic esters (lactones) is 2. The van der Waals surface area contributed by atoms with Crippen LogP contribution in [0.5, 0.6) is 0 Å². The highest BCUT2D eigenvalue weighted by molar-refractivity contribution is 8.23. The number of thiocarbonyl (C=S) groups is 1. The number of thioether (sulfide) groups is 1. The van der Waals surface area contributed by atoms with Crippen LogP contribution in [0.15, 0.2) is 0 Å². The maximum absolute atomic E-state index is 10.2. The van der Waals surface area contributed by atoms with Gasteiger partial charge >= 0.3 is 11.9 Å². The molecule has 0 N–H and O–H groups in total. The fraction of sp³-hybridized carbons (Fsp3) is 0.818. The summed E-state index contributed by atoms with van der Waals surface area (Å²) in [5.74, 6) is 2.36. The number of esters is 2. The lowest BCUT2D eigenvalue weighted by Gasteiger charge is -1.95. The molecule has 0 aromatic carbocycles. The fourth-order valence-corrected chi connectivity index (χ4v) is 4.74. The normalized spacial score (nSPS) is 25.4. The summed E-state index contributed by atoms with van der Waals surface area (Å²) in [6, 6.07) is 0. The summed E-state index contributed by atoms with van der Waals surface area (Å²) in [6.45, 7) is 3.23. The van der Waals surface area contributed by atoms with Gasteiger partial charge in [-0.2, -0.15) is 0 Å². The number of hydrogen-bond acceptors (Lipinski definition) is 9. The Labute approximate surface area is 204 Å². The third-order valence-corrected chi connectivity index (χ3v) is 7.12. The van der Waals surface area contributed by atoms with Crippen molar-refractivity contribution in [2.75, 3.05) is 24.7 Å². The van der Waals surface area contributed by atoms with Crippen LogP contribution in [0.3, 0.4) is 0 Å². The molecule has 2 atom stereocenters. The zero-order valence-electron chi connectivity index (χ0n) is 18.3. The molecule has 0 aromatic rings. The Hall–Kier alpha value is -0.840. The average molecular weight is 511 g/mol. The SMILES string of the molecule is C.CC1CCC(=O)O1.O=C1CCCC1.O=C1CCCO1.O=S1CCCO1.S=C1CCCS1. The van der Waals surface area contributed by atoms with Crippen molar-refractivity contribution in [3.63, 3.8) is 0 Å². The minimum absolute atomic E-state index is 0. The summed E-state index contributed by atoms with van der Waals surface area (Å²) >= 11 is 5.79. The Morgan fingerprint density at radius 2 is 1.62 bits per heavy atom. The second-order valence-corrected chi connectivity index (χ2v) is 10.6. The summed E-state index contributed by atoms with van der Waals surface area (Å²) in [6.07, 6.45) is 10.7. The van der Waals surface area contributed by atoms with Gasteiger partial charge in [0.05, 0.1) is 25.1 Å². The van der Waals surface area contributed by atoms with E-state index < -0.39 is 11.1 Å². The van der Waals surface area contributed by atoms with Gasteiger partial charge in [-0.1, -0.05) is 19.6 Å². The van der Waals surface area contributed by atoms with E-state index >= 15 is 0 Å². The van der Waals surface area contributed by atoms with Crippen LogP contribution in [-0.4, -0.2) is 57.0 Å². The largest absolute Gasteiger partial charge is 0.466 e. The number of hydrogen-bond donors (Lipinski definition) is 0. The van der Waals surface area contributed by atoms with Crippen LogP contribution in [-0.2, 0) is 39.1 Å². The van der Waals surface area contributed by atoms with Crippen LogP contribution in [0, 0.1) is 0 Å². The third-order valence-electron chi connectivity index (χ3n) is 4.50. The molecule has 1 aliphatic carbocycles. The van der Waals surface area contributed by atoms with Gasteiger partial charge in [0.1, 0.15) is 5.78 Å². The molecule has 0 aromatic heterocycles. The van der Waals surface area contributed by atoms with Crippen molar-refractivity contribution >= 4 is 57.0 Å². The lowest BCUT2D eigenvalue weighted by atomic mass is 10.3. The molecule has 4 aliphatic heterocycles. The number of ether oxygens (including phenoxy) is 2. The average Bonchev–Trinajstić information content (AvgIpc) is 3.52. The maximum Gasteiger partial charge on any atom is 0.306 e. The Kier molecular flexibility index (Phi) is 19.1. The molecule has 4 heterocycles. The van der Waals surface area contributed by atoms with Gasteiger partial charge in [-0.25, -0.2) is 4.21 Å². The van der Waals surface area contributed by atoms with Crippen LogP contribution in [0.1, 0.15) is 85.0 Å². The fourth-order valence-electron chi connectivity index (χ4n) is 2.77.